The van der Waals surface area contributed by atoms with Crippen molar-refractivity contribution in [2.24, 2.45) is 5.73 Å². The molecule has 2 aromatic carbocycles. The smallest absolute Gasteiger partial charge is 0.123 e. The van der Waals surface area contributed by atoms with E-state index in [9.17, 15) is 4.39 Å². The van der Waals surface area contributed by atoms with Crippen LogP contribution < -0.4 is 5.73 Å². The molecule has 0 aliphatic heterocycles. The minimum Gasteiger partial charge on any atom is -0.330 e. The molecule has 1 atom stereocenters. The van der Waals surface area contributed by atoms with Gasteiger partial charge in [-0.3, -0.25) is 0 Å². The van der Waals surface area contributed by atoms with Crippen LogP contribution in [0, 0.1) is 5.82 Å². The zero-order valence-corrected chi connectivity index (χ0v) is 11.1. The fraction of sp³-hybridized carbons (Fsp3) is 0.294. The van der Waals surface area contributed by atoms with Gasteiger partial charge in [0.05, 0.1) is 0 Å². The fourth-order valence-electron chi connectivity index (χ4n) is 2.40. The summed E-state index contributed by atoms with van der Waals surface area (Å²) in [5.41, 5.74) is 8.21. The second-order valence-electron chi connectivity index (χ2n) is 4.85. The summed E-state index contributed by atoms with van der Waals surface area (Å²) in [6.45, 7) is 0.664. The van der Waals surface area contributed by atoms with Crippen LogP contribution in [0.1, 0.15) is 29.9 Å². The van der Waals surface area contributed by atoms with E-state index in [0.717, 1.165) is 19.3 Å². The van der Waals surface area contributed by atoms with E-state index in [0.29, 0.717) is 12.5 Å². The summed E-state index contributed by atoms with van der Waals surface area (Å²) in [5.74, 6) is 0.226. The van der Waals surface area contributed by atoms with E-state index in [1.54, 1.807) is 0 Å². The number of hydrogen-bond acceptors (Lipinski definition) is 1. The van der Waals surface area contributed by atoms with Crippen LogP contribution in [0.4, 0.5) is 4.39 Å². The Morgan fingerprint density at radius 1 is 0.895 bits per heavy atom. The molecule has 0 heterocycles. The quantitative estimate of drug-likeness (QED) is 0.834. The Hall–Kier alpha value is -1.67. The summed E-state index contributed by atoms with van der Waals surface area (Å²) in [6, 6.07) is 17.2. The third-order valence-electron chi connectivity index (χ3n) is 3.48. The molecule has 0 saturated heterocycles. The van der Waals surface area contributed by atoms with Gasteiger partial charge in [-0.1, -0.05) is 42.5 Å². The Kier molecular flexibility index (Phi) is 5.10. The Morgan fingerprint density at radius 3 is 2.21 bits per heavy atom. The molecule has 1 unspecified atom stereocenters. The highest BCUT2D eigenvalue weighted by molar-refractivity contribution is 5.22. The van der Waals surface area contributed by atoms with Gasteiger partial charge < -0.3 is 5.73 Å². The lowest BCUT2D eigenvalue weighted by molar-refractivity contribution is 0.579. The summed E-state index contributed by atoms with van der Waals surface area (Å²) in [4.78, 5) is 0. The Labute approximate surface area is 114 Å². The van der Waals surface area contributed by atoms with Gasteiger partial charge in [-0.2, -0.15) is 0 Å². The van der Waals surface area contributed by atoms with Crippen LogP contribution in [0.3, 0.4) is 0 Å². The van der Waals surface area contributed by atoms with Crippen molar-refractivity contribution in [2.75, 3.05) is 6.54 Å². The molecule has 100 valence electrons. The molecule has 0 fully saturated rings. The van der Waals surface area contributed by atoms with Crippen molar-refractivity contribution in [3.05, 3.63) is 71.5 Å². The van der Waals surface area contributed by atoms with Crippen LogP contribution >= 0.6 is 0 Å². The van der Waals surface area contributed by atoms with Gasteiger partial charge in [0.25, 0.3) is 0 Å². The Balaban J connectivity index is 2.02. The summed E-state index contributed by atoms with van der Waals surface area (Å²) in [6.07, 6.45) is 3.02. The molecule has 0 amide bonds. The molecule has 19 heavy (non-hydrogen) atoms. The molecule has 0 saturated carbocycles. The maximum Gasteiger partial charge on any atom is 0.123 e. The average Bonchev–Trinajstić information content (AvgIpc) is 2.46. The van der Waals surface area contributed by atoms with Crippen LogP contribution in [-0.4, -0.2) is 6.54 Å². The van der Waals surface area contributed by atoms with Crippen LogP contribution in [0.5, 0.6) is 0 Å². The molecule has 0 aromatic heterocycles. The van der Waals surface area contributed by atoms with E-state index in [4.69, 9.17) is 5.73 Å². The van der Waals surface area contributed by atoms with Gasteiger partial charge in [0.1, 0.15) is 5.82 Å². The molecule has 2 rings (SSSR count). The molecule has 0 aliphatic rings. The largest absolute Gasteiger partial charge is 0.330 e. The predicted octanol–water partition coefficient (Wildman–Crippen LogP) is 3.89. The van der Waals surface area contributed by atoms with E-state index in [2.05, 4.69) is 24.3 Å². The van der Waals surface area contributed by atoms with Crippen LogP contribution in [0.2, 0.25) is 0 Å². The normalized spacial score (nSPS) is 12.3. The topological polar surface area (TPSA) is 26.0 Å². The highest BCUT2D eigenvalue weighted by Gasteiger charge is 2.11. The van der Waals surface area contributed by atoms with Gasteiger partial charge in [0.2, 0.25) is 0 Å². The van der Waals surface area contributed by atoms with Crippen molar-refractivity contribution in [3.63, 3.8) is 0 Å². The van der Waals surface area contributed by atoms with Gasteiger partial charge >= 0.3 is 0 Å². The lowest BCUT2D eigenvalue weighted by Crippen LogP contribution is -2.08. The molecular weight excluding hydrogens is 237 g/mol. The molecule has 2 N–H and O–H groups in total. The van der Waals surface area contributed by atoms with Crippen molar-refractivity contribution in [1.82, 2.24) is 0 Å². The van der Waals surface area contributed by atoms with Gasteiger partial charge in [0.15, 0.2) is 0 Å². The summed E-state index contributed by atoms with van der Waals surface area (Å²) < 4.78 is 13.0. The highest BCUT2D eigenvalue weighted by Crippen LogP contribution is 2.25. The number of rotatable bonds is 6. The van der Waals surface area contributed by atoms with Gasteiger partial charge in [0, 0.05) is 0 Å². The lowest BCUT2D eigenvalue weighted by atomic mass is 9.90. The monoisotopic (exact) mass is 257 g/mol. The Bertz CT molecular complexity index is 478. The molecule has 0 bridgehead atoms. The second-order valence-corrected chi connectivity index (χ2v) is 4.85. The summed E-state index contributed by atoms with van der Waals surface area (Å²) in [7, 11) is 0. The summed E-state index contributed by atoms with van der Waals surface area (Å²) >= 11 is 0. The van der Waals surface area contributed by atoms with E-state index in [1.165, 1.54) is 23.3 Å². The molecule has 2 aromatic rings. The minimum atomic E-state index is -0.182. The standard InChI is InChI=1S/C17H20FN/c18-17-10-8-15(9-11-17)16(12-13-19)7-6-14-4-2-1-3-5-14/h1-5,8-11,16H,6-7,12-13,19H2. The van der Waals surface area contributed by atoms with Crippen molar-refractivity contribution in [1.29, 1.82) is 0 Å². The van der Waals surface area contributed by atoms with Gasteiger partial charge in [-0.15, -0.1) is 0 Å². The third kappa shape index (κ3) is 4.18. The maximum atomic E-state index is 13.0. The SMILES string of the molecule is NCCC(CCc1ccccc1)c1ccc(F)cc1. The number of halogens is 1. The molecule has 0 spiro atoms. The number of nitrogens with two attached hydrogens (primary N) is 1. The second kappa shape index (κ2) is 7.05. The maximum absolute atomic E-state index is 13.0. The molecule has 1 nitrogen and oxygen atoms in total. The van der Waals surface area contributed by atoms with Crippen LogP contribution in [0.15, 0.2) is 54.6 Å². The van der Waals surface area contributed by atoms with E-state index in [-0.39, 0.29) is 5.82 Å². The molecule has 0 aliphatic carbocycles. The lowest BCUT2D eigenvalue weighted by Gasteiger charge is -2.16. The number of hydrogen-bond donors (Lipinski definition) is 1. The fourth-order valence-corrected chi connectivity index (χ4v) is 2.40. The first-order valence-corrected chi connectivity index (χ1v) is 6.79. The molecule has 2 heteroatoms. The first kappa shape index (κ1) is 13.8. The zero-order chi connectivity index (χ0) is 13.5. The van der Waals surface area contributed by atoms with E-state index < -0.39 is 0 Å². The van der Waals surface area contributed by atoms with Crippen molar-refractivity contribution in [2.45, 2.75) is 25.2 Å². The van der Waals surface area contributed by atoms with Crippen molar-refractivity contribution in [3.8, 4) is 0 Å². The molecule has 0 radical (unpaired) electrons. The zero-order valence-electron chi connectivity index (χ0n) is 11.1. The van der Waals surface area contributed by atoms with Crippen molar-refractivity contribution < 1.29 is 4.39 Å². The van der Waals surface area contributed by atoms with Gasteiger partial charge in [-0.05, 0) is 55.0 Å². The third-order valence-corrected chi connectivity index (χ3v) is 3.48. The highest BCUT2D eigenvalue weighted by atomic mass is 19.1. The average molecular weight is 257 g/mol. The minimum absolute atomic E-state index is 0.182. The Morgan fingerprint density at radius 2 is 1.58 bits per heavy atom. The van der Waals surface area contributed by atoms with E-state index >= 15 is 0 Å². The van der Waals surface area contributed by atoms with Crippen LogP contribution in [-0.2, 0) is 6.42 Å². The predicted molar refractivity (Wildman–Crippen MR) is 77.6 cm³/mol. The number of benzene rings is 2. The molecular formula is C17H20FN. The van der Waals surface area contributed by atoms with E-state index in [1.807, 2.05) is 18.2 Å². The van der Waals surface area contributed by atoms with Crippen LogP contribution in [0.25, 0.3) is 0 Å². The van der Waals surface area contributed by atoms with Gasteiger partial charge in [-0.25, -0.2) is 4.39 Å². The first-order chi connectivity index (χ1) is 9.29. The van der Waals surface area contributed by atoms with Crippen molar-refractivity contribution >= 4 is 0 Å². The summed E-state index contributed by atoms with van der Waals surface area (Å²) in [5, 5.41) is 0. The first-order valence-electron chi connectivity index (χ1n) is 6.79. The number of aryl methyl sites for hydroxylation is 1.